The van der Waals surface area contributed by atoms with E-state index < -0.39 is 23.5 Å². The molecule has 2 aliphatic heterocycles. The average molecular weight is 705 g/mol. The maximum Gasteiger partial charge on any atom is 0.416 e. The zero-order valence-electron chi connectivity index (χ0n) is 26.9. The molecule has 17 heteroatoms. The molecule has 7 rings (SSSR count). The van der Waals surface area contributed by atoms with Crippen molar-refractivity contribution in [1.29, 1.82) is 0 Å². The Morgan fingerprint density at radius 1 is 0.680 bits per heavy atom. The fourth-order valence-corrected chi connectivity index (χ4v) is 5.76. The van der Waals surface area contributed by atoms with Crippen molar-refractivity contribution < 1.29 is 39.8 Å². The third-order valence-corrected chi connectivity index (χ3v) is 8.18. The largest absolute Gasteiger partial charge is 0.461 e. The van der Waals surface area contributed by atoms with E-state index in [1.807, 2.05) is 0 Å². The molecule has 0 atom stereocenters. The van der Waals surface area contributed by atoms with Crippen LogP contribution in [0.15, 0.2) is 68.3 Å². The lowest BCUT2D eigenvalue weighted by atomic mass is 10.1. The number of nitrogens with one attached hydrogen (secondary N) is 2. The van der Waals surface area contributed by atoms with E-state index in [-0.39, 0.29) is 19.0 Å². The van der Waals surface area contributed by atoms with Crippen LogP contribution in [-0.2, 0) is 25.4 Å². The van der Waals surface area contributed by atoms with Crippen molar-refractivity contribution in [3.05, 3.63) is 83.5 Å². The Morgan fingerprint density at radius 3 is 1.62 bits per heavy atom. The average Bonchev–Trinajstić information content (AvgIpc) is 3.93. The van der Waals surface area contributed by atoms with Gasteiger partial charge in [-0.2, -0.15) is 36.3 Å². The Hall–Kier alpha value is -5.22. The second-order valence-corrected chi connectivity index (χ2v) is 11.8. The first-order valence-corrected chi connectivity index (χ1v) is 16.0. The van der Waals surface area contributed by atoms with Crippen LogP contribution in [-0.4, -0.2) is 46.5 Å². The van der Waals surface area contributed by atoms with Gasteiger partial charge in [0.15, 0.2) is 11.6 Å². The number of rotatable bonds is 9. The van der Waals surface area contributed by atoms with E-state index in [0.29, 0.717) is 34.7 Å². The van der Waals surface area contributed by atoms with Gasteiger partial charge in [-0.25, -0.2) is 0 Å². The summed E-state index contributed by atoms with van der Waals surface area (Å²) in [7, 11) is 0. The molecule has 2 saturated heterocycles. The lowest BCUT2D eigenvalue weighted by molar-refractivity contribution is -0.138. The Labute approximate surface area is 282 Å². The number of halogens is 6. The molecule has 5 aromatic rings. The highest BCUT2D eigenvalue weighted by atomic mass is 19.4. The van der Waals surface area contributed by atoms with E-state index in [0.717, 1.165) is 87.5 Å². The monoisotopic (exact) mass is 704 g/mol. The molecule has 0 unspecified atom stereocenters. The maximum absolute atomic E-state index is 13.1. The summed E-state index contributed by atoms with van der Waals surface area (Å²) in [6.45, 7) is 5.32. The molecule has 0 aliphatic carbocycles. The van der Waals surface area contributed by atoms with Crippen molar-refractivity contribution in [2.75, 3.05) is 46.6 Å². The summed E-state index contributed by atoms with van der Waals surface area (Å²) < 4.78 is 93.5. The van der Waals surface area contributed by atoms with Crippen molar-refractivity contribution in [1.82, 2.24) is 20.3 Å². The van der Waals surface area contributed by atoms with Gasteiger partial charge in [0.2, 0.25) is 17.6 Å². The summed E-state index contributed by atoms with van der Waals surface area (Å²) in [6.07, 6.45) is -3.15. The number of nitrogens with zero attached hydrogens (tertiary/aromatic N) is 6. The summed E-state index contributed by atoms with van der Waals surface area (Å²) in [5.74, 6) is 1.84. The number of furan rings is 1. The molecule has 2 aromatic carbocycles. The standard InChI is InChI=1S/C18H17F3N4O2.C15H17F3N4O/c19-18(20,21)12-5-6-14(25-7-1-2-8-25)13(10-12)22-11-16-23-17(24-27-16)15-4-3-9-26-15;1-10-20-14(23-21-10)9-19-12-8-11(15(16,17)18)4-5-13(12)22-6-2-3-7-22/h3-6,9-10,22H,1-2,7-8,11H2;4-5,8,19H,2-3,6-7,9H2,1H3. The highest BCUT2D eigenvalue weighted by Gasteiger charge is 2.33. The van der Waals surface area contributed by atoms with E-state index in [2.05, 4.69) is 40.7 Å². The molecule has 2 fully saturated rings. The minimum absolute atomic E-state index is 0.107. The van der Waals surface area contributed by atoms with E-state index in [4.69, 9.17) is 13.5 Å². The zero-order chi connectivity index (χ0) is 35.3. The van der Waals surface area contributed by atoms with Gasteiger partial charge in [-0.1, -0.05) is 10.3 Å². The number of aryl methyl sites for hydroxylation is 1. The maximum atomic E-state index is 13.1. The van der Waals surface area contributed by atoms with Gasteiger partial charge in [0.05, 0.1) is 53.2 Å². The molecule has 2 aliphatic rings. The molecule has 0 radical (unpaired) electrons. The van der Waals surface area contributed by atoms with Crippen LogP contribution in [0.2, 0.25) is 0 Å². The van der Waals surface area contributed by atoms with Crippen LogP contribution in [0.1, 0.15) is 54.4 Å². The molecule has 11 nitrogen and oxygen atoms in total. The molecule has 5 heterocycles. The number of benzene rings is 2. The van der Waals surface area contributed by atoms with Gasteiger partial charge in [-0.3, -0.25) is 0 Å². The van der Waals surface area contributed by atoms with E-state index in [1.165, 1.54) is 18.4 Å². The van der Waals surface area contributed by atoms with Gasteiger partial charge in [0.1, 0.15) is 0 Å². The molecule has 0 saturated carbocycles. The molecular weight excluding hydrogens is 670 g/mol. The van der Waals surface area contributed by atoms with E-state index in [1.54, 1.807) is 19.1 Å². The molecular formula is C33H34F6N8O3. The molecule has 0 bridgehead atoms. The van der Waals surface area contributed by atoms with Crippen LogP contribution in [0.4, 0.5) is 49.1 Å². The molecule has 0 spiro atoms. The number of hydrogen-bond donors (Lipinski definition) is 2. The Kier molecular flexibility index (Phi) is 10.2. The summed E-state index contributed by atoms with van der Waals surface area (Å²) >= 11 is 0. The lowest BCUT2D eigenvalue weighted by Crippen LogP contribution is -2.20. The van der Waals surface area contributed by atoms with Gasteiger partial charge >= 0.3 is 12.4 Å². The second kappa shape index (κ2) is 14.7. The van der Waals surface area contributed by atoms with Crippen LogP contribution >= 0.6 is 0 Å². The molecule has 266 valence electrons. The third kappa shape index (κ3) is 8.49. The van der Waals surface area contributed by atoms with Crippen LogP contribution in [0.3, 0.4) is 0 Å². The Bertz CT molecular complexity index is 1840. The predicted molar refractivity (Wildman–Crippen MR) is 171 cm³/mol. The topological polar surface area (TPSA) is 122 Å². The number of aromatic nitrogens is 4. The van der Waals surface area contributed by atoms with Crippen molar-refractivity contribution in [3.63, 3.8) is 0 Å². The van der Waals surface area contributed by atoms with Crippen LogP contribution < -0.4 is 20.4 Å². The normalized spacial score (nSPS) is 14.9. The fraction of sp³-hybridized carbons (Fsp3) is 0.394. The molecule has 50 heavy (non-hydrogen) atoms. The summed E-state index contributed by atoms with van der Waals surface area (Å²) in [5.41, 5.74) is 0.958. The van der Waals surface area contributed by atoms with Gasteiger partial charge < -0.3 is 33.9 Å². The second-order valence-electron chi connectivity index (χ2n) is 11.8. The van der Waals surface area contributed by atoms with Gasteiger partial charge in [0.25, 0.3) is 0 Å². The smallest absolute Gasteiger partial charge is 0.416 e. The first kappa shape index (κ1) is 34.6. The first-order chi connectivity index (χ1) is 23.9. The van der Waals surface area contributed by atoms with Crippen LogP contribution in [0, 0.1) is 6.92 Å². The Balaban J connectivity index is 0.000000175. The minimum atomic E-state index is -4.41. The fourth-order valence-electron chi connectivity index (χ4n) is 5.76. The SMILES string of the molecule is Cc1noc(CNc2cc(C(F)(F)F)ccc2N2CCCC2)n1.FC(F)(F)c1ccc(N2CCCC2)c(NCc2nc(-c3ccco3)no2)c1. The van der Waals surface area contributed by atoms with Crippen LogP contribution in [0.5, 0.6) is 0 Å². The summed E-state index contributed by atoms with van der Waals surface area (Å²) in [6, 6.07) is 10.9. The van der Waals surface area contributed by atoms with Gasteiger partial charge in [-0.15, -0.1) is 0 Å². The quantitative estimate of drug-likeness (QED) is 0.145. The molecule has 0 amide bonds. The lowest BCUT2D eigenvalue weighted by Gasteiger charge is -2.23. The van der Waals surface area contributed by atoms with Crippen molar-refractivity contribution in [2.24, 2.45) is 0 Å². The van der Waals surface area contributed by atoms with Gasteiger partial charge in [-0.05, 0) is 81.1 Å². The predicted octanol–water partition coefficient (Wildman–Crippen LogP) is 8.17. The van der Waals surface area contributed by atoms with Crippen LogP contribution in [0.25, 0.3) is 11.6 Å². The van der Waals surface area contributed by atoms with Crippen molar-refractivity contribution in [3.8, 4) is 11.6 Å². The highest BCUT2D eigenvalue weighted by Crippen LogP contribution is 2.38. The van der Waals surface area contributed by atoms with Crippen molar-refractivity contribution in [2.45, 2.75) is 58.0 Å². The molecule has 2 N–H and O–H groups in total. The minimum Gasteiger partial charge on any atom is -0.461 e. The first-order valence-electron chi connectivity index (χ1n) is 16.0. The van der Waals surface area contributed by atoms with Gasteiger partial charge in [0, 0.05) is 26.2 Å². The zero-order valence-corrected chi connectivity index (χ0v) is 26.9. The Morgan fingerprint density at radius 2 is 1.18 bits per heavy atom. The number of anilines is 4. The number of hydrogen-bond acceptors (Lipinski definition) is 11. The summed E-state index contributed by atoms with van der Waals surface area (Å²) in [4.78, 5) is 12.4. The van der Waals surface area contributed by atoms with E-state index >= 15 is 0 Å². The molecule has 3 aromatic heterocycles. The van der Waals surface area contributed by atoms with Crippen molar-refractivity contribution >= 4 is 22.7 Å². The van der Waals surface area contributed by atoms with E-state index in [9.17, 15) is 26.3 Å². The highest BCUT2D eigenvalue weighted by molar-refractivity contribution is 5.72. The third-order valence-electron chi connectivity index (χ3n) is 8.18. The number of alkyl halides is 6. The summed E-state index contributed by atoms with van der Waals surface area (Å²) in [5, 5.41) is 13.5.